The molecule has 0 fully saturated rings. The summed E-state index contributed by atoms with van der Waals surface area (Å²) in [6.45, 7) is 0. The van der Waals surface area contributed by atoms with Crippen LogP contribution >= 0.6 is 15.9 Å². The number of benzene rings is 2. The molecule has 0 aliphatic rings. The molecule has 9 nitrogen and oxygen atoms in total. The van der Waals surface area contributed by atoms with Gasteiger partial charge in [0.15, 0.2) is 0 Å². The Labute approximate surface area is 179 Å². The Hall–Kier alpha value is -3.79. The van der Waals surface area contributed by atoms with Crippen molar-refractivity contribution in [1.29, 1.82) is 0 Å². The van der Waals surface area contributed by atoms with Gasteiger partial charge in [-0.05, 0) is 48.5 Å². The van der Waals surface area contributed by atoms with E-state index in [0.29, 0.717) is 32.8 Å². The molecule has 0 radical (unpaired) electrons. The van der Waals surface area contributed by atoms with Crippen molar-refractivity contribution in [3.63, 3.8) is 0 Å². The van der Waals surface area contributed by atoms with Crippen molar-refractivity contribution >= 4 is 50.7 Å². The lowest BCUT2D eigenvalue weighted by atomic mass is 10.1. The fourth-order valence-corrected chi connectivity index (χ4v) is 2.89. The summed E-state index contributed by atoms with van der Waals surface area (Å²) in [6.07, 6.45) is 1.45. The highest BCUT2D eigenvalue weighted by Gasteiger charge is 2.14. The van der Waals surface area contributed by atoms with Crippen LogP contribution in [0.3, 0.4) is 0 Å². The minimum atomic E-state index is -0.489. The topological polar surface area (TPSA) is 123 Å². The maximum absolute atomic E-state index is 12.3. The monoisotopic (exact) mass is 470 g/mol. The summed E-state index contributed by atoms with van der Waals surface area (Å²) >= 11 is 3.28. The molecular weight excluding hydrogens is 456 g/mol. The lowest BCUT2D eigenvalue weighted by molar-refractivity contribution is -0.383. The third kappa shape index (κ3) is 4.97. The van der Waals surface area contributed by atoms with Gasteiger partial charge in [0.05, 0.1) is 29.5 Å². The summed E-state index contributed by atoms with van der Waals surface area (Å²) in [6, 6.07) is 13.7. The molecule has 1 amide bonds. The second-order valence-electron chi connectivity index (χ2n) is 6.00. The molecule has 30 heavy (non-hydrogen) atoms. The first-order valence-corrected chi connectivity index (χ1v) is 9.33. The van der Waals surface area contributed by atoms with Crippen molar-refractivity contribution in [3.8, 4) is 0 Å². The highest BCUT2D eigenvalue weighted by Crippen LogP contribution is 2.30. The van der Waals surface area contributed by atoms with Gasteiger partial charge >= 0.3 is 5.97 Å². The van der Waals surface area contributed by atoms with Crippen LogP contribution in [-0.4, -0.2) is 28.9 Å². The number of nitro groups is 1. The van der Waals surface area contributed by atoms with E-state index in [1.54, 1.807) is 24.3 Å². The summed E-state index contributed by atoms with van der Waals surface area (Å²) in [5.74, 6) is -0.592. The molecule has 0 saturated carbocycles. The van der Waals surface area contributed by atoms with E-state index >= 15 is 0 Å². The number of hydrogen-bond donors (Lipinski definition) is 2. The van der Waals surface area contributed by atoms with Crippen LogP contribution in [-0.2, 0) is 4.74 Å². The number of ether oxygens (including phenoxy) is 1. The Morgan fingerprint density at radius 3 is 2.37 bits per heavy atom. The smallest absolute Gasteiger partial charge is 0.337 e. The van der Waals surface area contributed by atoms with E-state index in [9.17, 15) is 19.7 Å². The minimum Gasteiger partial charge on any atom is -0.465 e. The second kappa shape index (κ2) is 9.14. The number of nitrogens with one attached hydrogen (secondary N) is 2. The normalized spacial score (nSPS) is 10.2. The van der Waals surface area contributed by atoms with Gasteiger partial charge in [-0.2, -0.15) is 0 Å². The minimum absolute atomic E-state index is 0.0778. The van der Waals surface area contributed by atoms with Crippen LogP contribution in [0.25, 0.3) is 0 Å². The standard InChI is InChI=1S/C20H15BrN4O5/c1-30-20(27)13-4-2-12(3-5-13)19(26)24-18-9-7-15(11-22-18)23-16-10-14(21)6-8-17(16)25(28)29/h2-11,23H,1H3,(H,22,24,26). The molecule has 0 spiro atoms. The Balaban J connectivity index is 1.69. The Morgan fingerprint density at radius 1 is 1.07 bits per heavy atom. The van der Waals surface area contributed by atoms with Crippen molar-refractivity contribution < 1.29 is 19.2 Å². The quantitative estimate of drug-likeness (QED) is 0.308. The fraction of sp³-hybridized carbons (Fsp3) is 0.0500. The molecule has 1 heterocycles. The molecule has 152 valence electrons. The fourth-order valence-electron chi connectivity index (χ4n) is 2.53. The van der Waals surface area contributed by atoms with E-state index in [2.05, 4.69) is 36.3 Å². The van der Waals surface area contributed by atoms with E-state index < -0.39 is 16.8 Å². The molecule has 0 atom stereocenters. The van der Waals surface area contributed by atoms with Gasteiger partial charge in [-0.1, -0.05) is 15.9 Å². The molecule has 0 aliphatic carbocycles. The molecule has 2 N–H and O–H groups in total. The van der Waals surface area contributed by atoms with Crippen molar-refractivity contribution in [2.45, 2.75) is 0 Å². The van der Waals surface area contributed by atoms with Gasteiger partial charge in [0, 0.05) is 16.1 Å². The van der Waals surface area contributed by atoms with E-state index in [4.69, 9.17) is 0 Å². The first kappa shape index (κ1) is 20.9. The van der Waals surface area contributed by atoms with Crippen molar-refractivity contribution in [2.75, 3.05) is 17.7 Å². The summed E-state index contributed by atoms with van der Waals surface area (Å²) in [7, 11) is 1.28. The van der Waals surface area contributed by atoms with Gasteiger partial charge in [-0.15, -0.1) is 0 Å². The van der Waals surface area contributed by atoms with Gasteiger partial charge in [0.2, 0.25) is 0 Å². The Bertz CT molecular complexity index is 1100. The van der Waals surface area contributed by atoms with E-state index in [1.807, 2.05) is 0 Å². The molecule has 1 aromatic heterocycles. The molecular formula is C20H15BrN4O5. The predicted octanol–water partition coefficient (Wildman–Crippen LogP) is 4.53. The van der Waals surface area contributed by atoms with Crippen LogP contribution in [0.2, 0.25) is 0 Å². The van der Waals surface area contributed by atoms with Crippen molar-refractivity contribution in [2.24, 2.45) is 0 Å². The number of nitro benzene ring substituents is 1. The Kier molecular flexibility index (Phi) is 6.38. The number of hydrogen-bond acceptors (Lipinski definition) is 7. The molecule has 2 aromatic carbocycles. The molecule has 3 rings (SSSR count). The number of anilines is 3. The first-order chi connectivity index (χ1) is 14.4. The van der Waals surface area contributed by atoms with E-state index in [-0.39, 0.29) is 5.69 Å². The molecule has 3 aromatic rings. The number of pyridine rings is 1. The zero-order valence-corrected chi connectivity index (χ0v) is 17.2. The third-order valence-electron chi connectivity index (χ3n) is 4.01. The zero-order chi connectivity index (χ0) is 21.7. The molecule has 0 aliphatic heterocycles. The van der Waals surface area contributed by atoms with Gasteiger partial charge in [-0.25, -0.2) is 9.78 Å². The highest BCUT2D eigenvalue weighted by atomic mass is 79.9. The second-order valence-corrected chi connectivity index (χ2v) is 6.91. The zero-order valence-electron chi connectivity index (χ0n) is 15.6. The largest absolute Gasteiger partial charge is 0.465 e. The van der Waals surface area contributed by atoms with Crippen LogP contribution in [0.1, 0.15) is 20.7 Å². The maximum atomic E-state index is 12.3. The maximum Gasteiger partial charge on any atom is 0.337 e. The van der Waals surface area contributed by atoms with Gasteiger partial charge in [0.25, 0.3) is 11.6 Å². The summed E-state index contributed by atoms with van der Waals surface area (Å²) in [5, 5.41) is 16.7. The average Bonchev–Trinajstić information content (AvgIpc) is 2.74. The number of carbonyl (C=O) groups is 2. The number of halogens is 1. The van der Waals surface area contributed by atoms with Gasteiger partial charge in [-0.3, -0.25) is 14.9 Å². The number of rotatable bonds is 6. The van der Waals surface area contributed by atoms with Crippen molar-refractivity contribution in [3.05, 3.63) is 86.5 Å². The lowest BCUT2D eigenvalue weighted by Gasteiger charge is -2.09. The third-order valence-corrected chi connectivity index (χ3v) is 4.50. The van der Waals surface area contributed by atoms with Crippen molar-refractivity contribution in [1.82, 2.24) is 4.98 Å². The van der Waals surface area contributed by atoms with Gasteiger partial charge in [0.1, 0.15) is 11.5 Å². The van der Waals surface area contributed by atoms with Crippen LogP contribution in [0.4, 0.5) is 22.9 Å². The summed E-state index contributed by atoms with van der Waals surface area (Å²) < 4.78 is 5.30. The lowest BCUT2D eigenvalue weighted by Crippen LogP contribution is -2.13. The number of amides is 1. The van der Waals surface area contributed by atoms with Crippen LogP contribution in [0.15, 0.2) is 65.3 Å². The number of methoxy groups -OCH3 is 1. The van der Waals surface area contributed by atoms with E-state index in [0.717, 1.165) is 0 Å². The average molecular weight is 471 g/mol. The van der Waals surface area contributed by atoms with Crippen LogP contribution in [0.5, 0.6) is 0 Å². The first-order valence-electron chi connectivity index (χ1n) is 8.54. The summed E-state index contributed by atoms with van der Waals surface area (Å²) in [5.41, 5.74) is 1.42. The van der Waals surface area contributed by atoms with Gasteiger partial charge < -0.3 is 15.4 Å². The molecule has 0 saturated heterocycles. The van der Waals surface area contributed by atoms with E-state index in [1.165, 1.54) is 43.6 Å². The predicted molar refractivity (Wildman–Crippen MR) is 114 cm³/mol. The number of nitrogens with zero attached hydrogens (tertiary/aromatic N) is 2. The molecule has 0 unspecified atom stereocenters. The SMILES string of the molecule is COC(=O)c1ccc(C(=O)Nc2ccc(Nc3cc(Br)ccc3[N+](=O)[O-])cn2)cc1. The number of esters is 1. The molecule has 10 heteroatoms. The van der Waals surface area contributed by atoms with Crippen LogP contribution < -0.4 is 10.6 Å². The number of carbonyl (C=O) groups excluding carboxylic acids is 2. The number of aromatic nitrogens is 1. The summed E-state index contributed by atoms with van der Waals surface area (Å²) in [4.78, 5) is 38.6. The Morgan fingerprint density at radius 2 is 1.77 bits per heavy atom. The highest BCUT2D eigenvalue weighted by molar-refractivity contribution is 9.10. The molecule has 0 bridgehead atoms. The van der Waals surface area contributed by atoms with Crippen LogP contribution in [0, 0.1) is 10.1 Å².